The fraction of sp³-hybridized carbons (Fsp3) is 0.914. The molecule has 0 fully saturated rings. The number of unbranched alkanes of at least 4 members (excludes halogenated alkanes) is 12. The lowest BCUT2D eigenvalue weighted by Crippen LogP contribution is -2.37. The van der Waals surface area contributed by atoms with Crippen molar-refractivity contribution >= 4 is 17.9 Å². The summed E-state index contributed by atoms with van der Waals surface area (Å²) < 4.78 is 0. The zero-order valence-electron chi connectivity index (χ0n) is 30.6. The molecule has 0 amide bonds. The highest BCUT2D eigenvalue weighted by Crippen LogP contribution is 2.18. The zero-order valence-corrected chi connectivity index (χ0v) is 30.6. The van der Waals surface area contributed by atoms with Crippen LogP contribution in [0.3, 0.4) is 0 Å². The molecule has 48 heavy (non-hydrogen) atoms. The van der Waals surface area contributed by atoms with E-state index in [0.717, 1.165) is 38.5 Å². The summed E-state index contributed by atoms with van der Waals surface area (Å²) in [5.41, 5.74) is -1.78. The molecule has 0 rings (SSSR count). The van der Waals surface area contributed by atoms with Gasteiger partial charge in [0.2, 0.25) is 0 Å². The number of aliphatic carboxylic acids is 3. The number of aliphatic hydroxyl groups is 7. The van der Waals surface area contributed by atoms with Crippen molar-refractivity contribution in [2.24, 2.45) is 10.8 Å². The maximum absolute atomic E-state index is 10.0. The van der Waals surface area contributed by atoms with Crippen LogP contribution < -0.4 is 0 Å². The van der Waals surface area contributed by atoms with Gasteiger partial charge in [-0.15, -0.1) is 0 Å². The van der Waals surface area contributed by atoms with Crippen molar-refractivity contribution in [3.8, 4) is 0 Å². The summed E-state index contributed by atoms with van der Waals surface area (Å²) in [6.07, 6.45) is 18.2. The molecule has 0 heterocycles. The second-order valence-electron chi connectivity index (χ2n) is 12.1. The summed E-state index contributed by atoms with van der Waals surface area (Å²) in [6, 6.07) is 0. The molecule has 0 aliphatic carbocycles. The molecule has 0 saturated carbocycles. The maximum atomic E-state index is 10.0. The predicted molar refractivity (Wildman–Crippen MR) is 188 cm³/mol. The van der Waals surface area contributed by atoms with Crippen molar-refractivity contribution in [1.82, 2.24) is 0 Å². The SMILES string of the molecule is CCC(CO)(CO)CO.CCCCCCCC(=O)O.CCCCCCCC(=O)O.CCCCCCCC(=O)O.OCC(CO)(CO)CO. The third-order valence-corrected chi connectivity index (χ3v) is 7.58. The summed E-state index contributed by atoms with van der Waals surface area (Å²) in [7, 11) is 0. The third kappa shape index (κ3) is 44.1. The zero-order chi connectivity index (χ0) is 38.1. The van der Waals surface area contributed by atoms with E-state index in [4.69, 9.17) is 51.1 Å². The second kappa shape index (κ2) is 43.2. The van der Waals surface area contributed by atoms with Gasteiger partial charge in [-0.3, -0.25) is 14.4 Å². The van der Waals surface area contributed by atoms with Gasteiger partial charge in [-0.2, -0.15) is 0 Å². The summed E-state index contributed by atoms with van der Waals surface area (Å²) in [5.74, 6) is -2.01. The first-order valence-corrected chi connectivity index (χ1v) is 17.7. The number of carbonyl (C=O) groups is 3. The summed E-state index contributed by atoms with van der Waals surface area (Å²) in [5, 5.41) is 84.8. The molecule has 0 aliphatic rings. The molecule has 0 saturated heterocycles. The van der Waals surface area contributed by atoms with Gasteiger partial charge in [-0.25, -0.2) is 0 Å². The van der Waals surface area contributed by atoms with Crippen LogP contribution >= 0.6 is 0 Å². The van der Waals surface area contributed by atoms with Crippen LogP contribution in [0.25, 0.3) is 0 Å². The standard InChI is InChI=1S/3C8H16O2.C6H14O3.C5H12O4/c3*1-2-3-4-5-6-7-8(9)10;1-2-6(3-7,4-8)5-9;6-1-5(2-7,3-8)4-9/h3*2-7H2,1H3,(H,9,10);7-9H,2-5H2,1H3;6-9H,1-4H2. The van der Waals surface area contributed by atoms with E-state index in [1.807, 2.05) is 6.92 Å². The molecule has 0 aromatic heterocycles. The van der Waals surface area contributed by atoms with E-state index in [1.54, 1.807) is 0 Å². The molecule has 0 spiro atoms. The summed E-state index contributed by atoms with van der Waals surface area (Å²) >= 11 is 0. The molecule has 0 aliphatic heterocycles. The molecule has 0 aromatic carbocycles. The van der Waals surface area contributed by atoms with Gasteiger partial charge in [0, 0.05) is 24.7 Å². The Kier molecular flexibility index (Phi) is 49.9. The number of hydrogen-bond acceptors (Lipinski definition) is 10. The molecule has 13 nitrogen and oxygen atoms in total. The first-order valence-electron chi connectivity index (χ1n) is 17.7. The van der Waals surface area contributed by atoms with Crippen molar-refractivity contribution in [3.05, 3.63) is 0 Å². The Morgan fingerprint density at radius 2 is 0.562 bits per heavy atom. The Morgan fingerprint density at radius 1 is 0.354 bits per heavy atom. The van der Waals surface area contributed by atoms with Gasteiger partial charge in [0.15, 0.2) is 0 Å². The van der Waals surface area contributed by atoms with Crippen LogP contribution in [0.5, 0.6) is 0 Å². The third-order valence-electron chi connectivity index (χ3n) is 7.58. The van der Waals surface area contributed by atoms with Crippen LogP contribution in [0.4, 0.5) is 0 Å². The number of aliphatic hydroxyl groups excluding tert-OH is 7. The van der Waals surface area contributed by atoms with E-state index in [1.165, 1.54) is 57.8 Å². The van der Waals surface area contributed by atoms with Crippen molar-refractivity contribution in [2.45, 2.75) is 150 Å². The molecular formula is C35H74O13. The van der Waals surface area contributed by atoms with E-state index < -0.39 is 55.2 Å². The average Bonchev–Trinajstić information content (AvgIpc) is 3.08. The summed E-state index contributed by atoms with van der Waals surface area (Å²) in [6.45, 7) is 6.18. The van der Waals surface area contributed by atoms with Gasteiger partial charge in [0.25, 0.3) is 0 Å². The van der Waals surface area contributed by atoms with Gasteiger partial charge in [-0.05, 0) is 25.7 Å². The first kappa shape index (κ1) is 55.5. The van der Waals surface area contributed by atoms with E-state index in [9.17, 15) is 14.4 Å². The van der Waals surface area contributed by atoms with Crippen molar-refractivity contribution in [1.29, 1.82) is 0 Å². The molecule has 0 radical (unpaired) electrons. The lowest BCUT2D eigenvalue weighted by Gasteiger charge is -2.24. The fourth-order valence-electron chi connectivity index (χ4n) is 3.42. The average molecular weight is 703 g/mol. The number of rotatable bonds is 26. The van der Waals surface area contributed by atoms with Gasteiger partial charge in [0.1, 0.15) is 0 Å². The monoisotopic (exact) mass is 703 g/mol. The van der Waals surface area contributed by atoms with Crippen molar-refractivity contribution in [2.75, 3.05) is 46.2 Å². The van der Waals surface area contributed by atoms with Gasteiger partial charge >= 0.3 is 17.9 Å². The minimum atomic E-state index is -1.11. The Morgan fingerprint density at radius 3 is 0.667 bits per heavy atom. The van der Waals surface area contributed by atoms with Gasteiger partial charge < -0.3 is 51.1 Å². The summed E-state index contributed by atoms with van der Waals surface area (Å²) in [4.78, 5) is 30.1. The first-order chi connectivity index (χ1) is 22.8. The van der Waals surface area contributed by atoms with Crippen molar-refractivity contribution < 1.29 is 65.4 Å². The minimum absolute atomic E-state index is 0.156. The van der Waals surface area contributed by atoms with Crippen LogP contribution in [0.2, 0.25) is 0 Å². The maximum Gasteiger partial charge on any atom is 0.303 e. The highest BCUT2D eigenvalue weighted by molar-refractivity contribution is 5.67. The topological polar surface area (TPSA) is 254 Å². The van der Waals surface area contributed by atoms with E-state index in [-0.39, 0.29) is 19.8 Å². The van der Waals surface area contributed by atoms with Gasteiger partial charge in [0.05, 0.1) is 51.7 Å². The number of carboxylic acid groups (broad SMARTS) is 3. The van der Waals surface area contributed by atoms with Crippen LogP contribution in [-0.2, 0) is 14.4 Å². The Labute approximate surface area is 290 Å². The smallest absolute Gasteiger partial charge is 0.303 e. The van der Waals surface area contributed by atoms with E-state index >= 15 is 0 Å². The lowest BCUT2D eigenvalue weighted by atomic mass is 9.88. The Hall–Kier alpha value is -1.87. The molecule has 0 atom stereocenters. The predicted octanol–water partition coefficient (Wildman–Crippen LogP) is 4.60. The fourth-order valence-corrected chi connectivity index (χ4v) is 3.42. The quantitative estimate of drug-likeness (QED) is 0.0554. The molecule has 0 unspecified atom stereocenters. The van der Waals surface area contributed by atoms with Crippen molar-refractivity contribution in [3.63, 3.8) is 0 Å². The van der Waals surface area contributed by atoms with E-state index in [2.05, 4.69) is 20.8 Å². The Balaban J connectivity index is -0.000000161. The minimum Gasteiger partial charge on any atom is -0.481 e. The van der Waals surface area contributed by atoms with Crippen LogP contribution in [0.15, 0.2) is 0 Å². The normalized spacial score (nSPS) is 10.6. The number of hydrogen-bond donors (Lipinski definition) is 10. The molecule has 0 bridgehead atoms. The molecule has 292 valence electrons. The van der Waals surface area contributed by atoms with Crippen LogP contribution in [0, 0.1) is 10.8 Å². The molecule has 0 aromatic rings. The number of carboxylic acids is 3. The highest BCUT2D eigenvalue weighted by atomic mass is 16.4. The highest BCUT2D eigenvalue weighted by Gasteiger charge is 2.26. The largest absolute Gasteiger partial charge is 0.481 e. The Bertz CT molecular complexity index is 555. The molecule has 10 N–H and O–H groups in total. The second-order valence-corrected chi connectivity index (χ2v) is 12.1. The van der Waals surface area contributed by atoms with E-state index in [0.29, 0.717) is 25.7 Å². The van der Waals surface area contributed by atoms with Crippen LogP contribution in [0.1, 0.15) is 150 Å². The molecule has 13 heteroatoms. The van der Waals surface area contributed by atoms with Crippen LogP contribution in [-0.4, -0.2) is 115 Å². The molecular weight excluding hydrogens is 628 g/mol. The van der Waals surface area contributed by atoms with Gasteiger partial charge in [-0.1, -0.05) is 105 Å². The lowest BCUT2D eigenvalue weighted by molar-refractivity contribution is -0.138.